The van der Waals surface area contributed by atoms with Crippen LogP contribution >= 0.6 is 0 Å². The van der Waals surface area contributed by atoms with Crippen LogP contribution in [0, 0.1) is 29.1 Å². The van der Waals surface area contributed by atoms with E-state index in [1.807, 2.05) is 0 Å². The van der Waals surface area contributed by atoms with Gasteiger partial charge in [0.05, 0.1) is 61.9 Å². The van der Waals surface area contributed by atoms with Crippen LogP contribution in [-0.2, 0) is 23.7 Å². The van der Waals surface area contributed by atoms with E-state index in [4.69, 9.17) is 24.7 Å². The minimum Gasteiger partial charge on any atom is -0.550 e. The maximum absolute atomic E-state index is 12.3. The molecule has 5 aliphatic rings. The molecule has 3 saturated heterocycles. The molecule has 11 N–H and O–H groups in total. The average Bonchev–Trinajstić information content (AvgIpc) is 3.10. The number of rotatable bonds is 16. The highest BCUT2D eigenvalue weighted by Crippen LogP contribution is 2.44. The number of aliphatic hydroxyl groups is 5. The lowest BCUT2D eigenvalue weighted by atomic mass is 9.64. The van der Waals surface area contributed by atoms with E-state index < -0.39 is 48.7 Å². The first-order valence-electron chi connectivity index (χ1n) is 20.3. The number of piperidine rings is 2. The highest BCUT2D eigenvalue weighted by molar-refractivity contribution is 5.65. The van der Waals surface area contributed by atoms with Gasteiger partial charge in [0.25, 0.3) is 0 Å². The summed E-state index contributed by atoms with van der Waals surface area (Å²) in [7, 11) is 1.58. The molecule has 16 atom stereocenters. The topological polar surface area (TPSA) is 237 Å². The van der Waals surface area contributed by atoms with Gasteiger partial charge in [-0.2, -0.15) is 0 Å². The van der Waals surface area contributed by atoms with Gasteiger partial charge in [0.1, 0.15) is 25.1 Å². The predicted molar refractivity (Wildman–Crippen MR) is 187 cm³/mol. The molecule has 0 radical (unpaired) electrons. The zero-order valence-corrected chi connectivity index (χ0v) is 31.5. The van der Waals surface area contributed by atoms with Crippen LogP contribution in [0.25, 0.3) is 0 Å². The van der Waals surface area contributed by atoms with Gasteiger partial charge in [-0.15, -0.1) is 0 Å². The molecule has 302 valence electrons. The second kappa shape index (κ2) is 19.7. The Bertz CT molecular complexity index is 1090. The fourth-order valence-corrected chi connectivity index (χ4v) is 10.8. The third kappa shape index (κ3) is 10.8. The number of aliphatic hydroxyl groups excluding tert-OH is 5. The van der Waals surface area contributed by atoms with Crippen molar-refractivity contribution in [2.24, 2.45) is 34.8 Å². The lowest BCUT2D eigenvalue weighted by Gasteiger charge is -2.49. The number of ether oxygens (including phenoxy) is 4. The average molecular weight is 745 g/mol. The Morgan fingerprint density at radius 2 is 1.71 bits per heavy atom. The van der Waals surface area contributed by atoms with Crippen molar-refractivity contribution in [2.75, 3.05) is 33.7 Å². The summed E-state index contributed by atoms with van der Waals surface area (Å²) >= 11 is 0. The summed E-state index contributed by atoms with van der Waals surface area (Å²) in [4.78, 5) is 12.3. The van der Waals surface area contributed by atoms with E-state index in [9.17, 15) is 35.4 Å². The van der Waals surface area contributed by atoms with Crippen molar-refractivity contribution in [3.05, 3.63) is 0 Å². The number of carboxylic acids is 1. The monoisotopic (exact) mass is 745 g/mol. The van der Waals surface area contributed by atoms with Crippen LogP contribution in [0.4, 0.5) is 0 Å². The molecule has 3 aliphatic heterocycles. The van der Waals surface area contributed by atoms with Crippen molar-refractivity contribution in [3.8, 4) is 0 Å². The zero-order valence-electron chi connectivity index (χ0n) is 31.5. The van der Waals surface area contributed by atoms with E-state index in [0.29, 0.717) is 56.4 Å². The van der Waals surface area contributed by atoms with Crippen molar-refractivity contribution < 1.29 is 65.0 Å². The maximum Gasteiger partial charge on any atom is 0.144 e. The fraction of sp³-hybridized carbons (Fsp3) is 0.974. The molecule has 9 unspecified atom stereocenters. The first-order chi connectivity index (χ1) is 24.9. The Hall–Kier alpha value is -1.01. The minimum absolute atomic E-state index is 0.0233. The molecule has 0 aromatic heterocycles. The molecule has 14 nitrogen and oxygen atoms in total. The summed E-state index contributed by atoms with van der Waals surface area (Å²) in [5, 5.41) is 69.2. The first-order valence-corrected chi connectivity index (χ1v) is 20.3. The lowest BCUT2D eigenvalue weighted by Crippen LogP contribution is -3.00. The summed E-state index contributed by atoms with van der Waals surface area (Å²) in [5.41, 5.74) is 5.79. The standard InChI is InChI=1S/C38H69N3O11/c1-22-7-10-38(19-35(46)47,18-24-8-11-40-34(39)14-24)33(41-22)20-50-32-16-25(15-31(49-2)36(32)48)37-27(9-12-42)29(45)17-26(52-37)5-3-23-4-6-28(44)30(13-23)51-21-43/h22-34,36-37,40-45,48H,3-21,39H2,1-2H3,(H,46,47)/p+1/t22-,23?,24?,25?,26+,27+,28?,29+,30?,31?,32?,33+,34?,36?,37+,38+/m1/s1. The first kappa shape index (κ1) is 42.1. The van der Waals surface area contributed by atoms with E-state index in [0.717, 1.165) is 57.9 Å². The van der Waals surface area contributed by atoms with Crippen LogP contribution in [0.15, 0.2) is 0 Å². The van der Waals surface area contributed by atoms with E-state index in [2.05, 4.69) is 17.6 Å². The number of carboxylic acid groups (broad SMARTS) is 1. The zero-order chi connectivity index (χ0) is 37.4. The number of carbonyl (C=O) groups is 1. The summed E-state index contributed by atoms with van der Waals surface area (Å²) in [5.74, 6) is -0.798. The summed E-state index contributed by atoms with van der Waals surface area (Å²) in [6.45, 7) is 2.88. The largest absolute Gasteiger partial charge is 0.550 e. The number of quaternary nitrogens is 2. The smallest absolute Gasteiger partial charge is 0.144 e. The molecule has 0 aromatic rings. The highest BCUT2D eigenvalue weighted by Gasteiger charge is 2.50. The molecule has 0 amide bonds. The Kier molecular flexibility index (Phi) is 16.0. The lowest BCUT2D eigenvalue weighted by molar-refractivity contribution is -0.744. The Morgan fingerprint density at radius 3 is 2.42 bits per heavy atom. The van der Waals surface area contributed by atoms with Gasteiger partial charge in [0.2, 0.25) is 0 Å². The second-order valence-corrected chi connectivity index (χ2v) is 17.2. The SMILES string of the molecule is COC1CC([C@@H]2O[C@@H](CCC3CCC(O)C(OCO)C3)C[C@H](O)[C@@H]2CCO)CC(OC[C@@H]2[NH2+][C@H](C)CC[C@@]2(CC(=O)[O-])CC2CC[NH2+]C(N)C2)C1O. The van der Waals surface area contributed by atoms with Gasteiger partial charge in [-0.3, -0.25) is 5.73 Å². The number of methoxy groups -OCH3 is 1. The molecule has 5 fully saturated rings. The number of hydrogen-bond acceptors (Lipinski definition) is 12. The van der Waals surface area contributed by atoms with Crippen LogP contribution in [0.1, 0.15) is 103 Å². The van der Waals surface area contributed by atoms with Gasteiger partial charge in [-0.25, -0.2) is 0 Å². The molecule has 5 rings (SSSR count). The summed E-state index contributed by atoms with van der Waals surface area (Å²) in [6.07, 6.45) is 5.67. The van der Waals surface area contributed by atoms with Gasteiger partial charge in [-0.05, 0) is 115 Å². The summed E-state index contributed by atoms with van der Waals surface area (Å²) in [6, 6.07) is 0.175. The van der Waals surface area contributed by atoms with Crippen LogP contribution in [0.3, 0.4) is 0 Å². The molecule has 0 spiro atoms. The molecular formula is C38H70N3O11+. The second-order valence-electron chi connectivity index (χ2n) is 17.2. The van der Waals surface area contributed by atoms with Crippen molar-refractivity contribution in [2.45, 2.75) is 170 Å². The van der Waals surface area contributed by atoms with Crippen LogP contribution in [0.5, 0.6) is 0 Å². The van der Waals surface area contributed by atoms with E-state index in [1.165, 1.54) is 0 Å². The molecule has 14 heteroatoms. The predicted octanol–water partition coefficient (Wildman–Crippen LogP) is -2.16. The third-order valence-corrected chi connectivity index (χ3v) is 13.7. The quantitative estimate of drug-likeness (QED) is 0.0790. The van der Waals surface area contributed by atoms with Gasteiger partial charge < -0.3 is 65.0 Å². The van der Waals surface area contributed by atoms with Crippen LogP contribution in [0.2, 0.25) is 0 Å². The summed E-state index contributed by atoms with van der Waals surface area (Å²) < 4.78 is 24.7. The molecular weight excluding hydrogens is 674 g/mol. The van der Waals surface area contributed by atoms with Gasteiger partial charge >= 0.3 is 0 Å². The molecule has 0 aromatic carbocycles. The number of aliphatic carboxylic acids is 1. The van der Waals surface area contributed by atoms with Crippen molar-refractivity contribution in [1.29, 1.82) is 0 Å². The van der Waals surface area contributed by atoms with Crippen LogP contribution in [-0.4, -0.2) is 132 Å². The number of hydrogen-bond donors (Lipinski definition) is 8. The Morgan fingerprint density at radius 1 is 0.923 bits per heavy atom. The molecule has 3 heterocycles. The van der Waals surface area contributed by atoms with Crippen molar-refractivity contribution >= 4 is 5.97 Å². The van der Waals surface area contributed by atoms with Crippen LogP contribution < -0.4 is 21.5 Å². The third-order valence-electron chi connectivity index (χ3n) is 13.7. The minimum atomic E-state index is -1.05. The van der Waals surface area contributed by atoms with Gasteiger partial charge in [-0.1, -0.05) is 0 Å². The van der Waals surface area contributed by atoms with E-state index >= 15 is 0 Å². The number of carbonyl (C=O) groups excluding carboxylic acids is 1. The van der Waals surface area contributed by atoms with Gasteiger partial charge in [0, 0.05) is 37.4 Å². The maximum atomic E-state index is 12.3. The highest BCUT2D eigenvalue weighted by atomic mass is 16.6. The fourth-order valence-electron chi connectivity index (χ4n) is 10.8. The van der Waals surface area contributed by atoms with Crippen molar-refractivity contribution in [3.63, 3.8) is 0 Å². The Balaban J connectivity index is 1.28. The van der Waals surface area contributed by atoms with Gasteiger partial charge in [0.15, 0.2) is 0 Å². The number of nitrogens with two attached hydrogens (primary N) is 3. The normalized spacial score (nSPS) is 44.7. The van der Waals surface area contributed by atoms with E-state index in [-0.39, 0.29) is 62.0 Å². The molecule has 2 saturated carbocycles. The molecule has 0 bridgehead atoms. The molecule has 2 aliphatic carbocycles. The Labute approximate surface area is 309 Å². The van der Waals surface area contributed by atoms with E-state index in [1.54, 1.807) is 7.11 Å². The van der Waals surface area contributed by atoms with Crippen molar-refractivity contribution in [1.82, 2.24) is 0 Å². The molecule has 52 heavy (non-hydrogen) atoms.